The van der Waals surface area contributed by atoms with Gasteiger partial charge in [-0.15, -0.1) is 20.0 Å². The molecule has 0 saturated carbocycles. The topological polar surface area (TPSA) is 98.5 Å². The number of benzene rings is 1. The molecular formula is C16H18N6O2S. The summed E-state index contributed by atoms with van der Waals surface area (Å²) in [6, 6.07) is 13.4. The summed E-state index contributed by atoms with van der Waals surface area (Å²) in [4.78, 5) is 2.07. The number of sulfonamides is 1. The fourth-order valence-electron chi connectivity index (χ4n) is 3.08. The highest BCUT2D eigenvalue weighted by molar-refractivity contribution is 7.95. The third kappa shape index (κ3) is 3.39. The number of aromatic nitrogens is 4. The predicted molar refractivity (Wildman–Crippen MR) is 94.7 cm³/mol. The lowest BCUT2D eigenvalue weighted by Crippen LogP contribution is -2.40. The van der Waals surface area contributed by atoms with E-state index in [2.05, 4.69) is 24.9 Å². The van der Waals surface area contributed by atoms with Crippen LogP contribution >= 0.6 is 0 Å². The van der Waals surface area contributed by atoms with Gasteiger partial charge < -0.3 is 9.45 Å². The van der Waals surface area contributed by atoms with E-state index in [9.17, 15) is 8.76 Å². The van der Waals surface area contributed by atoms with Gasteiger partial charge in [0, 0.05) is 18.7 Å². The fourth-order valence-corrected chi connectivity index (χ4v) is 3.88. The molecule has 0 bridgehead atoms. The average Bonchev–Trinajstić information content (AvgIpc) is 3.20. The summed E-state index contributed by atoms with van der Waals surface area (Å²) in [5, 5.41) is 13.1. The van der Waals surface area contributed by atoms with E-state index in [0.717, 1.165) is 24.3 Å². The first-order valence-electron chi connectivity index (χ1n) is 8.00. The second kappa shape index (κ2) is 6.17. The Hall–Kier alpha value is -2.36. The monoisotopic (exact) mass is 358 g/mol. The van der Waals surface area contributed by atoms with Crippen molar-refractivity contribution in [2.45, 2.75) is 12.5 Å². The lowest BCUT2D eigenvalue weighted by molar-refractivity contribution is 0.460. The molecule has 1 aliphatic heterocycles. The lowest BCUT2D eigenvalue weighted by atomic mass is 10.2. The first-order valence-corrected chi connectivity index (χ1v) is 9.89. The molecular weight excluding hydrogens is 340 g/mol. The summed E-state index contributed by atoms with van der Waals surface area (Å²) < 4.78 is 27.2. The van der Waals surface area contributed by atoms with Crippen molar-refractivity contribution < 1.29 is 8.76 Å². The number of rotatable bonds is 4. The Labute approximate surface area is 146 Å². The summed E-state index contributed by atoms with van der Waals surface area (Å²) in [6.07, 6.45) is 1.93. The van der Waals surface area contributed by atoms with Gasteiger partial charge in [-0.3, -0.25) is 0 Å². The molecule has 2 unspecified atom stereocenters. The van der Waals surface area contributed by atoms with Crippen LogP contribution < -0.4 is 9.62 Å². The largest absolute Gasteiger partial charge is 0.598 e. The van der Waals surface area contributed by atoms with Crippen LogP contribution in [0.2, 0.25) is 0 Å². The van der Waals surface area contributed by atoms with Crippen LogP contribution in [0.1, 0.15) is 6.42 Å². The highest BCUT2D eigenvalue weighted by atomic mass is 32.3. The highest BCUT2D eigenvalue weighted by Gasteiger charge is 2.28. The van der Waals surface area contributed by atoms with E-state index in [1.54, 1.807) is 4.52 Å². The fraction of sp³-hybridized carbons (Fsp3) is 0.312. The molecule has 4 rings (SSSR count). The van der Waals surface area contributed by atoms with Crippen molar-refractivity contribution in [2.24, 2.45) is 0 Å². The maximum absolute atomic E-state index is 11.4. The van der Waals surface area contributed by atoms with Crippen LogP contribution in [0.25, 0.3) is 17.0 Å². The second-order valence-electron chi connectivity index (χ2n) is 6.17. The van der Waals surface area contributed by atoms with E-state index < -0.39 is 10.4 Å². The van der Waals surface area contributed by atoms with Crippen LogP contribution in [0.3, 0.4) is 0 Å². The van der Waals surface area contributed by atoms with Crippen molar-refractivity contribution in [3.8, 4) is 11.4 Å². The van der Waals surface area contributed by atoms with Crippen LogP contribution in [0.4, 0.5) is 5.82 Å². The number of nitrogens with one attached hydrogen (secondary N) is 1. The molecule has 0 amide bonds. The van der Waals surface area contributed by atoms with Crippen LogP contribution in [0.5, 0.6) is 0 Å². The molecule has 3 heterocycles. The van der Waals surface area contributed by atoms with Gasteiger partial charge in [0.15, 0.2) is 11.5 Å². The molecule has 25 heavy (non-hydrogen) atoms. The molecule has 1 fully saturated rings. The summed E-state index contributed by atoms with van der Waals surface area (Å²) in [6.45, 7) is 1.34. The zero-order valence-corrected chi connectivity index (χ0v) is 14.5. The number of hydrogen-bond acceptors (Lipinski definition) is 6. The Bertz CT molecular complexity index is 938. The van der Waals surface area contributed by atoms with Gasteiger partial charge in [-0.2, -0.15) is 4.52 Å². The molecule has 130 valence electrons. The first kappa shape index (κ1) is 16.1. The summed E-state index contributed by atoms with van der Waals surface area (Å²) in [7, 11) is -3.20. The molecule has 1 saturated heterocycles. The quantitative estimate of drug-likeness (QED) is 0.702. The smallest absolute Gasteiger partial charge is 0.185 e. The van der Waals surface area contributed by atoms with Crippen LogP contribution in [0.15, 0.2) is 42.5 Å². The van der Waals surface area contributed by atoms with Gasteiger partial charge in [-0.25, -0.2) is 0 Å². The Morgan fingerprint density at radius 3 is 2.76 bits per heavy atom. The highest BCUT2D eigenvalue weighted by Crippen LogP contribution is 2.22. The van der Waals surface area contributed by atoms with Crippen molar-refractivity contribution in [3.05, 3.63) is 42.5 Å². The van der Waals surface area contributed by atoms with E-state index in [0.29, 0.717) is 18.0 Å². The molecule has 1 aromatic carbocycles. The van der Waals surface area contributed by atoms with Gasteiger partial charge in [0.2, 0.25) is 0 Å². The first-order chi connectivity index (χ1) is 12.0. The van der Waals surface area contributed by atoms with E-state index in [4.69, 9.17) is 0 Å². The van der Waals surface area contributed by atoms with Crippen molar-refractivity contribution >= 4 is 21.9 Å². The Balaban J connectivity index is 1.63. The maximum Gasteiger partial charge on any atom is 0.185 e. The predicted octanol–water partition coefficient (Wildman–Crippen LogP) is 1.13. The molecule has 0 radical (unpaired) electrons. The number of fused-ring (bicyclic) bond motifs is 1. The molecule has 0 aliphatic carbocycles. The average molecular weight is 358 g/mol. The molecule has 1 aliphatic rings. The van der Waals surface area contributed by atoms with Crippen LogP contribution in [-0.2, 0) is 14.6 Å². The third-order valence-electron chi connectivity index (χ3n) is 4.17. The SMILES string of the molecule is C[S+](=O)([O-])NC1CCN(c2ccc3nnc(-c4ccccc4)n3n2)C1. The Kier molecular flexibility index (Phi) is 3.98. The number of hydrogen-bond donors (Lipinski definition) is 1. The van der Waals surface area contributed by atoms with Gasteiger partial charge in [0.25, 0.3) is 0 Å². The van der Waals surface area contributed by atoms with Gasteiger partial charge in [0.05, 0.1) is 6.04 Å². The summed E-state index contributed by atoms with van der Waals surface area (Å²) >= 11 is 0. The maximum atomic E-state index is 11.4. The molecule has 1 N–H and O–H groups in total. The molecule has 8 nitrogen and oxygen atoms in total. The second-order valence-corrected chi connectivity index (χ2v) is 7.95. The summed E-state index contributed by atoms with van der Waals surface area (Å²) in [5.41, 5.74) is 1.62. The van der Waals surface area contributed by atoms with Crippen molar-refractivity contribution in [1.29, 1.82) is 0 Å². The molecule has 3 aromatic rings. The van der Waals surface area contributed by atoms with Gasteiger partial charge >= 0.3 is 0 Å². The van der Waals surface area contributed by atoms with Crippen molar-refractivity contribution in [3.63, 3.8) is 0 Å². The van der Waals surface area contributed by atoms with Crippen molar-refractivity contribution in [1.82, 2.24) is 24.5 Å². The van der Waals surface area contributed by atoms with Gasteiger partial charge in [-0.1, -0.05) is 34.5 Å². The zero-order valence-electron chi connectivity index (χ0n) is 13.7. The van der Waals surface area contributed by atoms with E-state index in [-0.39, 0.29) is 6.04 Å². The minimum absolute atomic E-state index is 0.0954. The Morgan fingerprint density at radius 2 is 2.00 bits per heavy atom. The Morgan fingerprint density at radius 1 is 1.20 bits per heavy atom. The standard InChI is InChI=1S/C16H18N6O2S/c1-25(23,24)20-13-9-10-21(11-13)15-8-7-14-17-18-16(22(14)19-15)12-5-3-2-4-6-12/h2-8,13H,9-11H2,1H3,(H-,20,23,24). The van der Waals surface area contributed by atoms with Crippen molar-refractivity contribution in [2.75, 3.05) is 24.2 Å². The zero-order chi connectivity index (χ0) is 17.4. The summed E-state index contributed by atoms with van der Waals surface area (Å²) in [5.74, 6) is 1.46. The van der Waals surface area contributed by atoms with E-state index in [1.807, 2.05) is 42.5 Å². The normalized spacial score (nSPS) is 20.1. The minimum atomic E-state index is -3.20. The van der Waals surface area contributed by atoms with E-state index >= 15 is 0 Å². The molecule has 2 aromatic heterocycles. The van der Waals surface area contributed by atoms with Gasteiger partial charge in [0.1, 0.15) is 22.5 Å². The third-order valence-corrected chi connectivity index (χ3v) is 4.94. The molecule has 9 heteroatoms. The molecule has 2 atom stereocenters. The van der Waals surface area contributed by atoms with Crippen LogP contribution in [-0.4, -0.2) is 49.8 Å². The van der Waals surface area contributed by atoms with Crippen LogP contribution in [0, 0.1) is 0 Å². The minimum Gasteiger partial charge on any atom is -0.598 e. The van der Waals surface area contributed by atoms with E-state index in [1.165, 1.54) is 6.26 Å². The number of nitrogens with zero attached hydrogens (tertiary/aromatic N) is 5. The molecule has 0 spiro atoms. The van der Waals surface area contributed by atoms with Gasteiger partial charge in [-0.05, 0) is 18.6 Å². The lowest BCUT2D eigenvalue weighted by Gasteiger charge is -2.18. The number of anilines is 1.